The van der Waals surface area contributed by atoms with Crippen LogP contribution in [0.2, 0.25) is 0 Å². The van der Waals surface area contributed by atoms with E-state index in [0.29, 0.717) is 17.9 Å². The molecule has 96 valence electrons. The Morgan fingerprint density at radius 1 is 1.21 bits per heavy atom. The van der Waals surface area contributed by atoms with Crippen molar-refractivity contribution in [3.63, 3.8) is 0 Å². The van der Waals surface area contributed by atoms with Crippen LogP contribution in [0.4, 0.5) is 0 Å². The summed E-state index contributed by atoms with van der Waals surface area (Å²) in [4.78, 5) is 20.4. The summed E-state index contributed by atoms with van der Waals surface area (Å²) >= 11 is 0. The monoisotopic (exact) mass is 252 g/mol. The second kappa shape index (κ2) is 4.92. The molecule has 0 amide bonds. The first kappa shape index (κ1) is 12.0. The number of fused-ring (bicyclic) bond motifs is 1. The number of hydrogen-bond donors (Lipinski definition) is 0. The molecule has 3 nitrogen and oxygen atoms in total. The molecule has 1 heterocycles. The second-order valence-electron chi connectivity index (χ2n) is 5.05. The van der Waals surface area contributed by atoms with E-state index in [1.54, 1.807) is 19.2 Å². The van der Waals surface area contributed by atoms with Crippen molar-refractivity contribution in [1.82, 2.24) is 9.97 Å². The van der Waals surface area contributed by atoms with Gasteiger partial charge in [-0.25, -0.2) is 9.97 Å². The molecule has 0 aliphatic heterocycles. The minimum absolute atomic E-state index is 0.0587. The predicted octanol–water partition coefficient (Wildman–Crippen LogP) is 2.70. The van der Waals surface area contributed by atoms with Crippen LogP contribution in [0.15, 0.2) is 30.5 Å². The van der Waals surface area contributed by atoms with E-state index in [1.807, 2.05) is 0 Å². The lowest BCUT2D eigenvalue weighted by Gasteiger charge is -2.04. The van der Waals surface area contributed by atoms with Gasteiger partial charge in [0.15, 0.2) is 5.78 Å². The highest BCUT2D eigenvalue weighted by Crippen LogP contribution is 2.23. The molecule has 0 atom stereocenters. The maximum atomic E-state index is 12.2. The Balaban J connectivity index is 1.80. The molecule has 1 aromatic heterocycles. The number of nitrogens with zero attached hydrogens (tertiary/aromatic N) is 2. The van der Waals surface area contributed by atoms with Gasteiger partial charge in [0.25, 0.3) is 0 Å². The quantitative estimate of drug-likeness (QED) is 0.789. The lowest BCUT2D eigenvalue weighted by Crippen LogP contribution is -2.07. The number of rotatable bonds is 3. The summed E-state index contributed by atoms with van der Waals surface area (Å²) in [5, 5.41) is 0. The van der Waals surface area contributed by atoms with Gasteiger partial charge in [-0.3, -0.25) is 4.79 Å². The van der Waals surface area contributed by atoms with Crippen LogP contribution in [-0.4, -0.2) is 15.8 Å². The van der Waals surface area contributed by atoms with Crippen LogP contribution in [-0.2, 0) is 19.3 Å². The third-order valence-electron chi connectivity index (χ3n) is 3.59. The Bertz CT molecular complexity index is 634. The van der Waals surface area contributed by atoms with Crippen molar-refractivity contribution in [2.45, 2.75) is 32.6 Å². The molecule has 0 spiro atoms. The van der Waals surface area contributed by atoms with Gasteiger partial charge in [-0.15, -0.1) is 0 Å². The Labute approximate surface area is 112 Å². The summed E-state index contributed by atoms with van der Waals surface area (Å²) in [6.07, 6.45) is 5.61. The van der Waals surface area contributed by atoms with Crippen molar-refractivity contribution < 1.29 is 4.79 Å². The normalized spacial score (nSPS) is 13.3. The van der Waals surface area contributed by atoms with Gasteiger partial charge >= 0.3 is 0 Å². The highest BCUT2D eigenvalue weighted by Gasteiger charge is 2.13. The fourth-order valence-electron chi connectivity index (χ4n) is 2.62. The highest BCUT2D eigenvalue weighted by molar-refractivity contribution is 5.95. The van der Waals surface area contributed by atoms with E-state index < -0.39 is 0 Å². The zero-order valence-corrected chi connectivity index (χ0v) is 11.0. The van der Waals surface area contributed by atoms with Crippen LogP contribution >= 0.6 is 0 Å². The predicted molar refractivity (Wildman–Crippen MR) is 73.3 cm³/mol. The van der Waals surface area contributed by atoms with Gasteiger partial charge in [-0.05, 0) is 48.9 Å². The molecular weight excluding hydrogens is 236 g/mol. The molecule has 0 saturated carbocycles. The summed E-state index contributed by atoms with van der Waals surface area (Å²) in [5.74, 6) is 0.697. The second-order valence-corrected chi connectivity index (χ2v) is 5.05. The summed E-state index contributed by atoms with van der Waals surface area (Å²) in [6, 6.07) is 8.09. The molecule has 0 fully saturated rings. The third kappa shape index (κ3) is 2.55. The lowest BCUT2D eigenvalue weighted by atomic mass is 10.0. The van der Waals surface area contributed by atoms with Gasteiger partial charge in [-0.1, -0.05) is 18.2 Å². The van der Waals surface area contributed by atoms with E-state index in [1.165, 1.54) is 24.0 Å². The van der Waals surface area contributed by atoms with Gasteiger partial charge in [0.1, 0.15) is 11.5 Å². The molecule has 1 aliphatic carbocycles. The molecule has 0 N–H and O–H groups in total. The van der Waals surface area contributed by atoms with Crippen LogP contribution < -0.4 is 0 Å². The lowest BCUT2D eigenvalue weighted by molar-refractivity contribution is 0.0988. The third-order valence-corrected chi connectivity index (χ3v) is 3.59. The number of benzene rings is 1. The van der Waals surface area contributed by atoms with Crippen LogP contribution in [0.1, 0.15) is 39.4 Å². The topological polar surface area (TPSA) is 42.9 Å². The maximum Gasteiger partial charge on any atom is 0.185 e. The molecule has 0 unspecified atom stereocenters. The van der Waals surface area contributed by atoms with E-state index in [0.717, 1.165) is 12.0 Å². The molecule has 2 aromatic rings. The van der Waals surface area contributed by atoms with Crippen molar-refractivity contribution in [2.75, 3.05) is 0 Å². The zero-order chi connectivity index (χ0) is 13.2. The summed E-state index contributed by atoms with van der Waals surface area (Å²) < 4.78 is 0. The molecule has 3 rings (SSSR count). The van der Waals surface area contributed by atoms with E-state index in [2.05, 4.69) is 28.2 Å². The van der Waals surface area contributed by atoms with Gasteiger partial charge in [0.2, 0.25) is 0 Å². The Kier molecular flexibility index (Phi) is 3.11. The number of carbonyl (C=O) groups excluding carboxylic acids is 1. The van der Waals surface area contributed by atoms with Crippen molar-refractivity contribution in [3.8, 4) is 0 Å². The van der Waals surface area contributed by atoms with Gasteiger partial charge in [0, 0.05) is 12.6 Å². The molecule has 19 heavy (non-hydrogen) atoms. The largest absolute Gasteiger partial charge is 0.292 e. The van der Waals surface area contributed by atoms with Gasteiger partial charge < -0.3 is 0 Å². The molecule has 0 saturated heterocycles. The van der Waals surface area contributed by atoms with Crippen molar-refractivity contribution in [3.05, 3.63) is 58.7 Å². The fourth-order valence-corrected chi connectivity index (χ4v) is 2.62. The number of ketones is 1. The molecule has 0 bridgehead atoms. The van der Waals surface area contributed by atoms with E-state index in [-0.39, 0.29) is 5.78 Å². The van der Waals surface area contributed by atoms with Crippen LogP contribution in [0, 0.1) is 6.92 Å². The molecule has 0 radical (unpaired) electrons. The number of aromatic nitrogens is 2. The zero-order valence-electron chi connectivity index (χ0n) is 11.0. The Morgan fingerprint density at radius 3 is 2.89 bits per heavy atom. The first-order valence-corrected chi connectivity index (χ1v) is 6.66. The first-order chi connectivity index (χ1) is 9.22. The fraction of sp³-hybridized carbons (Fsp3) is 0.312. The standard InChI is InChI=1S/C16H16N2O/c1-11-17-8-7-15(18-11)16(19)10-12-5-6-13-3-2-4-14(13)9-12/h5-9H,2-4,10H2,1H3. The van der Waals surface area contributed by atoms with Crippen LogP contribution in [0.3, 0.4) is 0 Å². The first-order valence-electron chi connectivity index (χ1n) is 6.66. The summed E-state index contributed by atoms with van der Waals surface area (Å²) in [6.45, 7) is 1.80. The Morgan fingerprint density at radius 2 is 2.05 bits per heavy atom. The van der Waals surface area contributed by atoms with E-state index in [4.69, 9.17) is 0 Å². The van der Waals surface area contributed by atoms with Gasteiger partial charge in [-0.2, -0.15) is 0 Å². The van der Waals surface area contributed by atoms with Crippen molar-refractivity contribution >= 4 is 5.78 Å². The number of Topliss-reactive ketones (excluding diaryl/α,β-unsaturated/α-hetero) is 1. The smallest absolute Gasteiger partial charge is 0.185 e. The number of aryl methyl sites for hydroxylation is 3. The van der Waals surface area contributed by atoms with Crippen molar-refractivity contribution in [2.24, 2.45) is 0 Å². The summed E-state index contributed by atoms with van der Waals surface area (Å²) in [5.41, 5.74) is 4.44. The molecule has 1 aliphatic rings. The number of carbonyl (C=O) groups is 1. The Hall–Kier alpha value is -2.03. The van der Waals surface area contributed by atoms with Crippen LogP contribution in [0.25, 0.3) is 0 Å². The minimum atomic E-state index is 0.0587. The van der Waals surface area contributed by atoms with Crippen LogP contribution in [0.5, 0.6) is 0 Å². The average molecular weight is 252 g/mol. The van der Waals surface area contributed by atoms with Gasteiger partial charge in [0.05, 0.1) is 0 Å². The SMILES string of the molecule is Cc1nccc(C(=O)Cc2ccc3c(c2)CCC3)n1. The number of hydrogen-bond acceptors (Lipinski definition) is 3. The van der Waals surface area contributed by atoms with Crippen molar-refractivity contribution in [1.29, 1.82) is 0 Å². The van der Waals surface area contributed by atoms with E-state index >= 15 is 0 Å². The van der Waals surface area contributed by atoms with E-state index in [9.17, 15) is 4.79 Å². The molecular formula is C16H16N2O. The average Bonchev–Trinajstić information content (AvgIpc) is 2.86. The molecule has 1 aromatic carbocycles. The highest BCUT2D eigenvalue weighted by atomic mass is 16.1. The maximum absolute atomic E-state index is 12.2. The summed E-state index contributed by atoms with van der Waals surface area (Å²) in [7, 11) is 0. The molecule has 3 heteroatoms. The minimum Gasteiger partial charge on any atom is -0.292 e.